The lowest BCUT2D eigenvalue weighted by atomic mass is 9.90. The standard InChI is InChI=1S/C23H28N2O3S/c1-24(29(27,28)17-14-20-8-4-2-5-9-20)19-23(26)25-15-12-22(13-16-25)18-21-10-6-3-7-11-21/h2-11,14,17,22H,12-13,15-16,18-19H2,1H3/b17-14+. The van der Waals surface area contributed by atoms with Crippen molar-refractivity contribution in [1.29, 1.82) is 0 Å². The number of rotatable bonds is 7. The van der Waals surface area contributed by atoms with Crippen molar-refractivity contribution in [3.8, 4) is 0 Å². The molecule has 0 N–H and O–H groups in total. The molecule has 0 radical (unpaired) electrons. The van der Waals surface area contributed by atoms with Gasteiger partial charge in [0, 0.05) is 25.5 Å². The van der Waals surface area contributed by atoms with Crippen molar-refractivity contribution in [2.45, 2.75) is 19.3 Å². The van der Waals surface area contributed by atoms with Gasteiger partial charge < -0.3 is 4.90 Å². The topological polar surface area (TPSA) is 57.7 Å². The maximum absolute atomic E-state index is 12.6. The van der Waals surface area contributed by atoms with Crippen LogP contribution >= 0.6 is 0 Å². The summed E-state index contributed by atoms with van der Waals surface area (Å²) in [4.78, 5) is 14.4. The number of piperidine rings is 1. The second-order valence-corrected chi connectivity index (χ2v) is 9.45. The summed E-state index contributed by atoms with van der Waals surface area (Å²) in [6, 6.07) is 19.6. The van der Waals surface area contributed by atoms with Gasteiger partial charge in [-0.25, -0.2) is 8.42 Å². The van der Waals surface area contributed by atoms with Crippen molar-refractivity contribution in [2.75, 3.05) is 26.7 Å². The molecule has 2 aromatic carbocycles. The Labute approximate surface area is 173 Å². The lowest BCUT2D eigenvalue weighted by molar-refractivity contribution is -0.132. The zero-order valence-corrected chi connectivity index (χ0v) is 17.6. The van der Waals surface area contributed by atoms with E-state index in [1.54, 1.807) is 11.0 Å². The first kappa shape index (κ1) is 21.3. The van der Waals surface area contributed by atoms with E-state index in [0.29, 0.717) is 19.0 Å². The van der Waals surface area contributed by atoms with Crippen molar-refractivity contribution in [2.24, 2.45) is 5.92 Å². The Kier molecular flexibility index (Phi) is 7.23. The van der Waals surface area contributed by atoms with Crippen LogP contribution in [0.1, 0.15) is 24.0 Å². The van der Waals surface area contributed by atoms with Gasteiger partial charge in [-0.05, 0) is 42.4 Å². The van der Waals surface area contributed by atoms with Crippen LogP contribution in [0.15, 0.2) is 66.1 Å². The number of carbonyl (C=O) groups is 1. The lowest BCUT2D eigenvalue weighted by Gasteiger charge is -2.33. The number of likely N-dealkylation sites (tertiary alicyclic amines) is 1. The van der Waals surface area contributed by atoms with E-state index in [1.807, 2.05) is 36.4 Å². The first-order valence-electron chi connectivity index (χ1n) is 9.95. The van der Waals surface area contributed by atoms with Gasteiger partial charge in [0.15, 0.2) is 0 Å². The smallest absolute Gasteiger partial charge is 0.237 e. The average molecular weight is 413 g/mol. The van der Waals surface area contributed by atoms with Gasteiger partial charge in [0.05, 0.1) is 6.54 Å². The molecule has 1 saturated heterocycles. The molecular formula is C23H28N2O3S. The zero-order valence-electron chi connectivity index (χ0n) is 16.8. The Balaban J connectivity index is 1.49. The third-order valence-corrected chi connectivity index (χ3v) is 6.84. The van der Waals surface area contributed by atoms with Crippen LogP contribution < -0.4 is 0 Å². The summed E-state index contributed by atoms with van der Waals surface area (Å²) in [5.41, 5.74) is 2.13. The highest BCUT2D eigenvalue weighted by Crippen LogP contribution is 2.22. The maximum atomic E-state index is 12.6. The van der Waals surface area contributed by atoms with Gasteiger partial charge in [-0.15, -0.1) is 0 Å². The summed E-state index contributed by atoms with van der Waals surface area (Å²) >= 11 is 0. The molecule has 2 aromatic rings. The normalized spacial score (nSPS) is 15.9. The van der Waals surface area contributed by atoms with Crippen LogP contribution in [0.3, 0.4) is 0 Å². The van der Waals surface area contributed by atoms with E-state index in [2.05, 4.69) is 24.3 Å². The molecule has 0 aliphatic carbocycles. The van der Waals surface area contributed by atoms with Crippen LogP contribution in [-0.2, 0) is 21.2 Å². The highest BCUT2D eigenvalue weighted by atomic mass is 32.2. The summed E-state index contributed by atoms with van der Waals surface area (Å²) in [5, 5.41) is 1.15. The predicted molar refractivity (Wildman–Crippen MR) is 116 cm³/mol. The second kappa shape index (κ2) is 9.85. The predicted octanol–water partition coefficient (Wildman–Crippen LogP) is 3.40. The van der Waals surface area contributed by atoms with Crippen molar-refractivity contribution >= 4 is 22.0 Å². The molecule has 1 heterocycles. The molecule has 1 aliphatic rings. The monoisotopic (exact) mass is 412 g/mol. The van der Waals surface area contributed by atoms with Crippen molar-refractivity contribution < 1.29 is 13.2 Å². The van der Waals surface area contributed by atoms with Gasteiger partial charge in [-0.1, -0.05) is 60.7 Å². The van der Waals surface area contributed by atoms with Crippen molar-refractivity contribution in [3.63, 3.8) is 0 Å². The van der Waals surface area contributed by atoms with Crippen LogP contribution in [0.25, 0.3) is 6.08 Å². The summed E-state index contributed by atoms with van der Waals surface area (Å²) in [7, 11) is -2.19. The Bertz CT molecular complexity index is 919. The molecule has 0 atom stereocenters. The number of sulfonamides is 1. The SMILES string of the molecule is CN(CC(=O)N1CCC(Cc2ccccc2)CC1)S(=O)(=O)/C=C/c1ccccc1. The van der Waals surface area contributed by atoms with Crippen LogP contribution in [0.5, 0.6) is 0 Å². The van der Waals surface area contributed by atoms with E-state index in [1.165, 1.54) is 12.6 Å². The summed E-state index contributed by atoms with van der Waals surface area (Å²) in [6.07, 6.45) is 4.48. The number of likely N-dealkylation sites (N-methyl/N-ethyl adjacent to an activating group) is 1. The Morgan fingerprint density at radius 3 is 2.24 bits per heavy atom. The van der Waals surface area contributed by atoms with Crippen molar-refractivity contribution in [1.82, 2.24) is 9.21 Å². The van der Waals surface area contributed by atoms with Gasteiger partial charge in [0.1, 0.15) is 0 Å². The highest BCUT2D eigenvalue weighted by Gasteiger charge is 2.26. The minimum absolute atomic E-state index is 0.134. The van der Waals surface area contributed by atoms with E-state index in [4.69, 9.17) is 0 Å². The molecular weight excluding hydrogens is 384 g/mol. The fourth-order valence-corrected chi connectivity index (χ4v) is 4.37. The molecule has 6 heteroatoms. The fraction of sp³-hybridized carbons (Fsp3) is 0.348. The Morgan fingerprint density at radius 1 is 1.03 bits per heavy atom. The van der Waals surface area contributed by atoms with Crippen LogP contribution in [0.2, 0.25) is 0 Å². The second-order valence-electron chi connectivity index (χ2n) is 7.53. The minimum atomic E-state index is -3.64. The number of carbonyl (C=O) groups excluding carboxylic acids is 1. The van der Waals surface area contributed by atoms with E-state index in [9.17, 15) is 13.2 Å². The van der Waals surface area contributed by atoms with Crippen LogP contribution in [-0.4, -0.2) is 50.2 Å². The van der Waals surface area contributed by atoms with Crippen LogP contribution in [0, 0.1) is 5.92 Å². The van der Waals surface area contributed by atoms with Gasteiger partial charge in [-0.3, -0.25) is 4.79 Å². The maximum Gasteiger partial charge on any atom is 0.237 e. The van der Waals surface area contributed by atoms with Gasteiger partial charge >= 0.3 is 0 Å². The van der Waals surface area contributed by atoms with E-state index in [0.717, 1.165) is 34.5 Å². The molecule has 5 nitrogen and oxygen atoms in total. The molecule has 0 unspecified atom stereocenters. The molecule has 29 heavy (non-hydrogen) atoms. The summed E-state index contributed by atoms with van der Waals surface area (Å²) in [5.74, 6) is 0.430. The first-order chi connectivity index (χ1) is 13.9. The number of benzene rings is 2. The van der Waals surface area contributed by atoms with Crippen LogP contribution in [0.4, 0.5) is 0 Å². The Hall–Kier alpha value is -2.44. The molecule has 154 valence electrons. The van der Waals surface area contributed by atoms with E-state index in [-0.39, 0.29) is 12.5 Å². The number of hydrogen-bond donors (Lipinski definition) is 0. The largest absolute Gasteiger partial charge is 0.342 e. The third kappa shape index (κ3) is 6.27. The lowest BCUT2D eigenvalue weighted by Crippen LogP contribution is -2.44. The molecule has 0 saturated carbocycles. The van der Waals surface area contributed by atoms with E-state index >= 15 is 0 Å². The highest BCUT2D eigenvalue weighted by molar-refractivity contribution is 7.92. The average Bonchev–Trinajstić information content (AvgIpc) is 2.74. The van der Waals surface area contributed by atoms with Gasteiger partial charge in [0.2, 0.25) is 15.9 Å². The quantitative estimate of drug-likeness (QED) is 0.700. The number of nitrogens with zero attached hydrogens (tertiary/aromatic N) is 2. The molecule has 0 spiro atoms. The molecule has 1 aliphatic heterocycles. The Morgan fingerprint density at radius 2 is 1.62 bits per heavy atom. The molecule has 3 rings (SSSR count). The first-order valence-corrected chi connectivity index (χ1v) is 11.5. The number of amides is 1. The summed E-state index contributed by atoms with van der Waals surface area (Å²) < 4.78 is 26.0. The third-order valence-electron chi connectivity index (χ3n) is 5.36. The fourth-order valence-electron chi connectivity index (χ4n) is 3.55. The van der Waals surface area contributed by atoms with Gasteiger partial charge in [-0.2, -0.15) is 4.31 Å². The van der Waals surface area contributed by atoms with Crippen molar-refractivity contribution in [3.05, 3.63) is 77.2 Å². The molecule has 0 aromatic heterocycles. The molecule has 0 bridgehead atoms. The molecule has 1 fully saturated rings. The van der Waals surface area contributed by atoms with Gasteiger partial charge in [0.25, 0.3) is 0 Å². The zero-order chi connectivity index (χ0) is 20.7. The molecule has 1 amide bonds. The summed E-state index contributed by atoms with van der Waals surface area (Å²) in [6.45, 7) is 1.24. The number of hydrogen-bond acceptors (Lipinski definition) is 3. The van der Waals surface area contributed by atoms with E-state index < -0.39 is 10.0 Å². The minimum Gasteiger partial charge on any atom is -0.342 e.